The van der Waals surface area contributed by atoms with Crippen LogP contribution in [0.25, 0.3) is 77.2 Å². The zero-order chi connectivity index (χ0) is 54.3. The highest BCUT2D eigenvalue weighted by Crippen LogP contribution is 2.53. The molecule has 1 aliphatic heterocycles. The molecular formula is C77H56N2O2. The molecule has 0 bridgehead atoms. The van der Waals surface area contributed by atoms with Crippen LogP contribution in [0, 0.1) is 0 Å². The number of aliphatic hydroxyl groups is 2. The average molecular weight is 1040 g/mol. The fraction of sp³-hybridized carbons (Fsp3) is 0.0519. The second kappa shape index (κ2) is 20.7. The molecule has 81 heavy (non-hydrogen) atoms. The van der Waals surface area contributed by atoms with Crippen LogP contribution in [0.5, 0.6) is 0 Å². The van der Waals surface area contributed by atoms with Gasteiger partial charge in [-0.1, -0.05) is 267 Å². The number of hydrogen-bond acceptors (Lipinski definition) is 4. The van der Waals surface area contributed by atoms with E-state index in [1.165, 1.54) is 0 Å². The predicted octanol–water partition coefficient (Wildman–Crippen LogP) is 17.8. The molecule has 13 aromatic rings. The predicted molar refractivity (Wildman–Crippen MR) is 333 cm³/mol. The third kappa shape index (κ3) is 8.79. The van der Waals surface area contributed by atoms with Crippen LogP contribution in [0.4, 0.5) is 5.69 Å². The zero-order valence-electron chi connectivity index (χ0n) is 44.6. The maximum Gasteiger partial charge on any atom is 0.140 e. The van der Waals surface area contributed by atoms with E-state index in [4.69, 9.17) is 0 Å². The fourth-order valence-electron chi connectivity index (χ4n) is 12.6. The molecule has 0 fully saturated rings. The van der Waals surface area contributed by atoms with Crippen molar-refractivity contribution in [2.24, 2.45) is 0 Å². The van der Waals surface area contributed by atoms with Gasteiger partial charge in [0.2, 0.25) is 0 Å². The molecule has 0 saturated carbocycles. The van der Waals surface area contributed by atoms with E-state index in [1.807, 2.05) is 36.7 Å². The number of nitrogens with zero attached hydrogens (tertiary/aromatic N) is 2. The molecule has 386 valence electrons. The molecule has 0 saturated heterocycles. The molecule has 0 amide bonds. The third-order valence-corrected chi connectivity index (χ3v) is 16.7. The van der Waals surface area contributed by atoms with Crippen LogP contribution >= 0.6 is 0 Å². The van der Waals surface area contributed by atoms with Crippen LogP contribution in [0.1, 0.15) is 44.5 Å². The quantitative estimate of drug-likeness (QED) is 0.127. The first-order chi connectivity index (χ1) is 39.9. The van der Waals surface area contributed by atoms with E-state index in [2.05, 4.69) is 277 Å². The van der Waals surface area contributed by atoms with E-state index >= 15 is 0 Å². The standard InChI is InChI=1S/C77H56N2O2/c80-76(63-37-29-57(30-38-63)53-17-5-1-6-18-53,64-39-31-58(32-40-64)54-19-7-2-8-20-54)72-49-61-25-13-15-27-68(61)74-70(72)51-79(67-45-47-78-48-46-67)52-71-73(50-62-26-14-16-28-69(62)75(71)74)77(81,65-41-33-59(34-42-65)55-21-9-3-10-22-55)66-43-35-60(36-44-66)56-23-11-4-12-24-56/h1-50,80-81H,51-52H2. The Morgan fingerprint density at radius 2 is 0.568 bits per heavy atom. The van der Waals surface area contributed by atoms with Crippen molar-refractivity contribution in [1.29, 1.82) is 0 Å². The highest BCUT2D eigenvalue weighted by atomic mass is 16.3. The highest BCUT2D eigenvalue weighted by molar-refractivity contribution is 6.10. The molecule has 0 unspecified atom stereocenters. The van der Waals surface area contributed by atoms with Crippen molar-refractivity contribution in [3.05, 3.63) is 348 Å². The molecule has 2 heterocycles. The molecule has 12 aromatic carbocycles. The summed E-state index contributed by atoms with van der Waals surface area (Å²) >= 11 is 0. The van der Waals surface area contributed by atoms with Gasteiger partial charge >= 0.3 is 0 Å². The Morgan fingerprint density at radius 1 is 0.296 bits per heavy atom. The second-order valence-corrected chi connectivity index (χ2v) is 21.3. The van der Waals surface area contributed by atoms with Gasteiger partial charge in [-0.05, 0) is 146 Å². The van der Waals surface area contributed by atoms with Gasteiger partial charge in [-0.3, -0.25) is 4.98 Å². The fourth-order valence-corrected chi connectivity index (χ4v) is 12.6. The summed E-state index contributed by atoms with van der Waals surface area (Å²) in [5.74, 6) is 0. The minimum Gasteiger partial charge on any atom is -0.376 e. The number of aromatic nitrogens is 1. The molecule has 1 aromatic heterocycles. The van der Waals surface area contributed by atoms with Crippen molar-refractivity contribution >= 4 is 27.2 Å². The van der Waals surface area contributed by atoms with Gasteiger partial charge in [0.25, 0.3) is 0 Å². The van der Waals surface area contributed by atoms with Crippen molar-refractivity contribution in [3.63, 3.8) is 0 Å². The van der Waals surface area contributed by atoms with Crippen LogP contribution in [-0.4, -0.2) is 15.2 Å². The van der Waals surface area contributed by atoms with Gasteiger partial charge in [0.05, 0.1) is 0 Å². The van der Waals surface area contributed by atoms with E-state index in [1.54, 1.807) is 0 Å². The molecule has 14 rings (SSSR count). The lowest BCUT2D eigenvalue weighted by molar-refractivity contribution is 0.125. The number of rotatable bonds is 11. The monoisotopic (exact) mass is 1040 g/mol. The average Bonchev–Trinajstić information content (AvgIpc) is 2.96. The SMILES string of the molecule is OC(c1ccc(-c2ccccc2)cc1)(c1ccc(-c2ccccc2)cc1)c1cc2ccccc2c2c1CN(c1ccncc1)Cc1c(C(O)(c3ccc(-c4ccccc4)cc3)c3ccc(-c4ccccc4)cc3)cc3ccccc3c1-2. The van der Waals surface area contributed by atoms with Crippen molar-refractivity contribution in [2.45, 2.75) is 24.3 Å². The first kappa shape index (κ1) is 49.3. The molecule has 0 aliphatic carbocycles. The number of benzene rings is 12. The van der Waals surface area contributed by atoms with E-state index in [0.717, 1.165) is 127 Å². The number of anilines is 1. The van der Waals surface area contributed by atoms with Crippen LogP contribution in [0.15, 0.2) is 304 Å². The van der Waals surface area contributed by atoms with Crippen molar-refractivity contribution in [1.82, 2.24) is 4.98 Å². The number of fused-ring (bicyclic) bond motifs is 7. The smallest absolute Gasteiger partial charge is 0.140 e. The molecular weight excluding hydrogens is 985 g/mol. The lowest BCUT2D eigenvalue weighted by Gasteiger charge is -2.35. The van der Waals surface area contributed by atoms with Gasteiger partial charge in [0.15, 0.2) is 0 Å². The van der Waals surface area contributed by atoms with Gasteiger partial charge < -0.3 is 15.1 Å². The molecule has 4 heteroatoms. The molecule has 1 aliphatic rings. The topological polar surface area (TPSA) is 56.6 Å². The summed E-state index contributed by atoms with van der Waals surface area (Å²) in [6.07, 6.45) is 3.70. The lowest BCUT2D eigenvalue weighted by atomic mass is 9.72. The molecule has 0 atom stereocenters. The lowest BCUT2D eigenvalue weighted by Crippen LogP contribution is -2.33. The van der Waals surface area contributed by atoms with Gasteiger partial charge in [-0.15, -0.1) is 0 Å². The van der Waals surface area contributed by atoms with E-state index < -0.39 is 11.2 Å². The Morgan fingerprint density at radius 3 is 0.877 bits per heavy atom. The Bertz CT molecular complexity index is 3930. The van der Waals surface area contributed by atoms with Crippen molar-refractivity contribution in [2.75, 3.05) is 4.90 Å². The minimum absolute atomic E-state index is 0.421. The Hall–Kier alpha value is -9.97. The molecule has 2 N–H and O–H groups in total. The van der Waals surface area contributed by atoms with Crippen LogP contribution < -0.4 is 4.90 Å². The van der Waals surface area contributed by atoms with Crippen LogP contribution in [0.3, 0.4) is 0 Å². The Kier molecular flexibility index (Phi) is 12.6. The Labute approximate surface area is 472 Å². The van der Waals surface area contributed by atoms with Gasteiger partial charge in [-0.2, -0.15) is 0 Å². The summed E-state index contributed by atoms with van der Waals surface area (Å²) < 4.78 is 0. The summed E-state index contributed by atoms with van der Waals surface area (Å²) in [5, 5.41) is 33.3. The summed E-state index contributed by atoms with van der Waals surface area (Å²) in [6, 6.07) is 101. The first-order valence-electron chi connectivity index (χ1n) is 27.8. The summed E-state index contributed by atoms with van der Waals surface area (Å²) in [5.41, 5.74) is 14.9. The first-order valence-corrected chi connectivity index (χ1v) is 27.8. The maximum absolute atomic E-state index is 14.6. The number of pyridine rings is 1. The normalized spacial score (nSPS) is 12.4. The summed E-state index contributed by atoms with van der Waals surface area (Å²) in [6.45, 7) is 0.842. The summed E-state index contributed by atoms with van der Waals surface area (Å²) in [7, 11) is 0. The van der Waals surface area contributed by atoms with Crippen molar-refractivity contribution in [3.8, 4) is 55.6 Å². The van der Waals surface area contributed by atoms with Gasteiger partial charge in [0, 0.05) is 31.2 Å². The highest BCUT2D eigenvalue weighted by Gasteiger charge is 2.42. The van der Waals surface area contributed by atoms with Gasteiger partial charge in [-0.25, -0.2) is 0 Å². The Balaban J connectivity index is 1.07. The minimum atomic E-state index is -1.66. The molecule has 0 spiro atoms. The molecule has 4 nitrogen and oxygen atoms in total. The van der Waals surface area contributed by atoms with E-state index in [9.17, 15) is 10.2 Å². The van der Waals surface area contributed by atoms with Crippen LogP contribution in [0.2, 0.25) is 0 Å². The van der Waals surface area contributed by atoms with E-state index in [-0.39, 0.29) is 0 Å². The third-order valence-electron chi connectivity index (χ3n) is 16.7. The maximum atomic E-state index is 14.6. The zero-order valence-corrected chi connectivity index (χ0v) is 44.6. The largest absolute Gasteiger partial charge is 0.376 e. The van der Waals surface area contributed by atoms with Crippen molar-refractivity contribution < 1.29 is 10.2 Å². The second-order valence-electron chi connectivity index (χ2n) is 21.3. The molecule has 0 radical (unpaired) electrons. The van der Waals surface area contributed by atoms with E-state index in [0.29, 0.717) is 13.1 Å². The number of hydrogen-bond donors (Lipinski definition) is 2. The van der Waals surface area contributed by atoms with Crippen LogP contribution in [-0.2, 0) is 24.3 Å². The van der Waals surface area contributed by atoms with Gasteiger partial charge in [0.1, 0.15) is 11.2 Å². The summed E-state index contributed by atoms with van der Waals surface area (Å²) in [4.78, 5) is 6.92.